The zero-order valence-corrected chi connectivity index (χ0v) is 16.3. The number of anilines is 1. The second-order valence-electron chi connectivity index (χ2n) is 6.30. The molecule has 0 amide bonds. The van der Waals surface area contributed by atoms with Gasteiger partial charge in [0, 0.05) is 17.1 Å². The fourth-order valence-corrected chi connectivity index (χ4v) is 3.21. The molecular formula is C20H19ClN6O. The number of nitrogens with zero attached hydrogens (tertiary/aromatic N) is 5. The molecule has 0 saturated carbocycles. The molecule has 0 bridgehead atoms. The Labute approximate surface area is 167 Å². The Bertz CT molecular complexity index is 1130. The predicted octanol–water partition coefficient (Wildman–Crippen LogP) is 3.85. The van der Waals surface area contributed by atoms with Gasteiger partial charge < -0.3 is 10.1 Å². The summed E-state index contributed by atoms with van der Waals surface area (Å²) in [7, 11) is 1.66. The Morgan fingerprint density at radius 2 is 1.79 bits per heavy atom. The van der Waals surface area contributed by atoms with Crippen molar-refractivity contribution in [1.29, 1.82) is 0 Å². The summed E-state index contributed by atoms with van der Waals surface area (Å²) in [4.78, 5) is 9.03. The van der Waals surface area contributed by atoms with Crippen molar-refractivity contribution in [3.63, 3.8) is 0 Å². The maximum absolute atomic E-state index is 6.28. The van der Waals surface area contributed by atoms with Gasteiger partial charge in [-0.3, -0.25) is 0 Å². The highest BCUT2D eigenvalue weighted by atomic mass is 35.5. The second kappa shape index (κ2) is 7.82. The maximum Gasteiger partial charge on any atom is 0.184 e. The van der Waals surface area contributed by atoms with Crippen LogP contribution in [0.15, 0.2) is 48.5 Å². The van der Waals surface area contributed by atoms with E-state index in [0.717, 1.165) is 16.9 Å². The first-order valence-electron chi connectivity index (χ1n) is 8.82. The Balaban J connectivity index is 1.65. The fourth-order valence-electron chi connectivity index (χ4n) is 3.01. The molecule has 0 spiro atoms. The number of fused-ring (bicyclic) bond motifs is 1. The lowest BCUT2D eigenvalue weighted by molar-refractivity contribution is 0.410. The number of hydrogen-bond acceptors (Lipinski definition) is 6. The van der Waals surface area contributed by atoms with Gasteiger partial charge in [0.15, 0.2) is 17.0 Å². The van der Waals surface area contributed by atoms with Gasteiger partial charge in [-0.1, -0.05) is 53.2 Å². The van der Waals surface area contributed by atoms with Gasteiger partial charge in [-0.15, -0.1) is 5.10 Å². The first-order chi connectivity index (χ1) is 13.7. The van der Waals surface area contributed by atoms with Crippen molar-refractivity contribution < 1.29 is 4.74 Å². The average Bonchev–Trinajstić information content (AvgIpc) is 3.10. The van der Waals surface area contributed by atoms with Crippen molar-refractivity contribution in [3.05, 3.63) is 70.5 Å². The molecule has 0 unspecified atom stereocenters. The van der Waals surface area contributed by atoms with E-state index in [1.807, 2.05) is 55.5 Å². The van der Waals surface area contributed by atoms with E-state index in [1.54, 1.807) is 11.8 Å². The molecule has 1 N–H and O–H groups in total. The molecule has 142 valence electrons. The largest absolute Gasteiger partial charge is 0.496 e. The van der Waals surface area contributed by atoms with E-state index in [1.165, 1.54) is 0 Å². The summed E-state index contributed by atoms with van der Waals surface area (Å²) in [5.74, 6) is 2.09. The third-order valence-corrected chi connectivity index (χ3v) is 4.76. The van der Waals surface area contributed by atoms with Gasteiger partial charge in [-0.05, 0) is 24.6 Å². The molecule has 2 aromatic carbocycles. The van der Waals surface area contributed by atoms with Crippen LogP contribution in [-0.4, -0.2) is 32.1 Å². The van der Waals surface area contributed by atoms with Crippen molar-refractivity contribution in [2.24, 2.45) is 0 Å². The zero-order chi connectivity index (χ0) is 19.5. The van der Waals surface area contributed by atoms with Crippen LogP contribution in [0, 0.1) is 6.92 Å². The molecule has 0 aliphatic rings. The van der Waals surface area contributed by atoms with Crippen LogP contribution in [0.1, 0.15) is 17.0 Å². The normalized spacial score (nSPS) is 11.0. The van der Waals surface area contributed by atoms with E-state index in [-0.39, 0.29) is 0 Å². The summed E-state index contributed by atoms with van der Waals surface area (Å²) < 4.78 is 7.14. The molecule has 0 fully saturated rings. The summed E-state index contributed by atoms with van der Waals surface area (Å²) in [6, 6.07) is 15.5. The number of aryl methyl sites for hydroxylation is 1. The van der Waals surface area contributed by atoms with Gasteiger partial charge in [0.1, 0.15) is 11.6 Å². The second-order valence-corrected chi connectivity index (χ2v) is 6.70. The van der Waals surface area contributed by atoms with Crippen molar-refractivity contribution in [3.8, 4) is 5.75 Å². The minimum atomic E-state index is 0.485. The average molecular weight is 395 g/mol. The highest BCUT2D eigenvalue weighted by Crippen LogP contribution is 2.23. The van der Waals surface area contributed by atoms with Crippen molar-refractivity contribution in [1.82, 2.24) is 25.0 Å². The third-order valence-electron chi connectivity index (χ3n) is 4.39. The Hall–Kier alpha value is -3.19. The van der Waals surface area contributed by atoms with Crippen LogP contribution < -0.4 is 10.1 Å². The van der Waals surface area contributed by atoms with Gasteiger partial charge in [-0.2, -0.15) is 0 Å². The van der Waals surface area contributed by atoms with E-state index < -0.39 is 0 Å². The number of nitrogens with one attached hydrogen (secondary N) is 1. The smallest absolute Gasteiger partial charge is 0.184 e. The topological polar surface area (TPSA) is 77.8 Å². The fraction of sp³-hybridized carbons (Fsp3) is 0.200. The number of para-hydroxylation sites is 1. The minimum Gasteiger partial charge on any atom is -0.496 e. The van der Waals surface area contributed by atoms with Gasteiger partial charge in [0.2, 0.25) is 0 Å². The molecular weight excluding hydrogens is 376 g/mol. The van der Waals surface area contributed by atoms with Gasteiger partial charge in [-0.25, -0.2) is 14.6 Å². The molecule has 7 nitrogen and oxygen atoms in total. The lowest BCUT2D eigenvalue weighted by Gasteiger charge is -2.10. The number of aromatic nitrogens is 5. The SMILES string of the molecule is COc1ccccc1CNc1nc(C)nc2c1nnn2Cc1ccccc1Cl. The molecule has 8 heteroatoms. The molecule has 0 saturated heterocycles. The van der Waals surface area contributed by atoms with Crippen molar-refractivity contribution in [2.45, 2.75) is 20.0 Å². The van der Waals surface area contributed by atoms with E-state index in [9.17, 15) is 0 Å². The lowest BCUT2D eigenvalue weighted by Crippen LogP contribution is -2.07. The van der Waals surface area contributed by atoms with Crippen LogP contribution in [0.2, 0.25) is 5.02 Å². The van der Waals surface area contributed by atoms with Crippen LogP contribution in [0.5, 0.6) is 5.75 Å². The lowest BCUT2D eigenvalue weighted by atomic mass is 10.2. The molecule has 0 radical (unpaired) electrons. The zero-order valence-electron chi connectivity index (χ0n) is 15.6. The van der Waals surface area contributed by atoms with E-state index in [0.29, 0.717) is 40.9 Å². The first kappa shape index (κ1) is 18.2. The monoisotopic (exact) mass is 394 g/mol. The van der Waals surface area contributed by atoms with Crippen LogP contribution in [0.3, 0.4) is 0 Å². The Kier molecular flexibility index (Phi) is 5.08. The number of methoxy groups -OCH3 is 1. The molecule has 0 aliphatic carbocycles. The summed E-state index contributed by atoms with van der Waals surface area (Å²) >= 11 is 6.28. The number of hydrogen-bond donors (Lipinski definition) is 1. The third kappa shape index (κ3) is 3.61. The van der Waals surface area contributed by atoms with Gasteiger partial charge in [0.25, 0.3) is 0 Å². The summed E-state index contributed by atoms with van der Waals surface area (Å²) in [5, 5.41) is 12.6. The van der Waals surface area contributed by atoms with Crippen LogP contribution in [0.25, 0.3) is 11.2 Å². The number of rotatable bonds is 6. The minimum absolute atomic E-state index is 0.485. The summed E-state index contributed by atoms with van der Waals surface area (Å²) in [6.45, 7) is 2.88. The highest BCUT2D eigenvalue weighted by molar-refractivity contribution is 6.31. The van der Waals surface area contributed by atoms with Crippen molar-refractivity contribution >= 4 is 28.6 Å². The van der Waals surface area contributed by atoms with Crippen LogP contribution in [-0.2, 0) is 13.1 Å². The first-order valence-corrected chi connectivity index (χ1v) is 9.20. The number of benzene rings is 2. The highest BCUT2D eigenvalue weighted by Gasteiger charge is 2.15. The van der Waals surface area contributed by atoms with Crippen LogP contribution >= 0.6 is 11.6 Å². The predicted molar refractivity (Wildman–Crippen MR) is 109 cm³/mol. The summed E-state index contributed by atoms with van der Waals surface area (Å²) in [5.41, 5.74) is 3.26. The van der Waals surface area contributed by atoms with E-state index in [2.05, 4.69) is 25.6 Å². The molecule has 4 aromatic rings. The number of halogens is 1. The van der Waals surface area contributed by atoms with E-state index in [4.69, 9.17) is 16.3 Å². The number of ether oxygens (including phenoxy) is 1. The standard InChI is InChI=1S/C20H19ClN6O/c1-13-23-19(22-11-14-7-4-6-10-17(14)28-2)18-20(24-13)27(26-25-18)12-15-8-3-5-9-16(15)21/h3-10H,11-12H2,1-2H3,(H,22,23,24). The molecule has 0 aliphatic heterocycles. The Morgan fingerprint density at radius 1 is 1.04 bits per heavy atom. The maximum atomic E-state index is 6.28. The molecule has 4 rings (SSSR count). The quantitative estimate of drug-likeness (QED) is 0.535. The van der Waals surface area contributed by atoms with Crippen molar-refractivity contribution in [2.75, 3.05) is 12.4 Å². The van der Waals surface area contributed by atoms with Gasteiger partial charge >= 0.3 is 0 Å². The Morgan fingerprint density at radius 3 is 2.57 bits per heavy atom. The van der Waals surface area contributed by atoms with Crippen LogP contribution in [0.4, 0.5) is 5.82 Å². The summed E-state index contributed by atoms with van der Waals surface area (Å²) in [6.07, 6.45) is 0. The molecule has 28 heavy (non-hydrogen) atoms. The van der Waals surface area contributed by atoms with Gasteiger partial charge in [0.05, 0.1) is 13.7 Å². The molecule has 2 heterocycles. The van der Waals surface area contributed by atoms with E-state index >= 15 is 0 Å². The molecule has 0 atom stereocenters. The molecule has 2 aromatic heterocycles.